The van der Waals surface area contributed by atoms with Crippen molar-refractivity contribution >= 4 is 5.97 Å². The molecule has 0 aliphatic heterocycles. The predicted molar refractivity (Wildman–Crippen MR) is 50.9 cm³/mol. The van der Waals surface area contributed by atoms with Crippen molar-refractivity contribution in [2.45, 2.75) is 19.9 Å². The van der Waals surface area contributed by atoms with Crippen molar-refractivity contribution in [1.29, 1.82) is 0 Å². The molecule has 1 atom stereocenters. The van der Waals surface area contributed by atoms with Gasteiger partial charge in [0.05, 0.1) is 0 Å². The molecule has 2 N–H and O–H groups in total. The lowest BCUT2D eigenvalue weighted by Gasteiger charge is -2.10. The molecule has 0 saturated heterocycles. The maximum atomic E-state index is 10.8. The molecule has 0 saturated carbocycles. The van der Waals surface area contributed by atoms with E-state index in [0.29, 0.717) is 5.82 Å². The first-order valence-electron chi connectivity index (χ1n) is 4.27. The van der Waals surface area contributed by atoms with Crippen molar-refractivity contribution in [3.63, 3.8) is 0 Å². The van der Waals surface area contributed by atoms with Gasteiger partial charge >= 0.3 is 5.97 Å². The summed E-state index contributed by atoms with van der Waals surface area (Å²) in [5.41, 5.74) is 1.54. The van der Waals surface area contributed by atoms with Crippen LogP contribution in [0.3, 0.4) is 0 Å². The number of hydrogen-bond donors (Lipinski definition) is 2. The van der Waals surface area contributed by atoms with Crippen molar-refractivity contribution in [2.24, 2.45) is 0 Å². The van der Waals surface area contributed by atoms with Crippen LogP contribution in [-0.2, 0) is 4.79 Å². The van der Waals surface area contributed by atoms with Gasteiger partial charge in [0.25, 0.3) is 0 Å². The van der Waals surface area contributed by atoms with Gasteiger partial charge in [0.2, 0.25) is 0 Å². The summed E-state index contributed by atoms with van der Waals surface area (Å²) in [6, 6.07) is 0.964. The Labute approximate surface area is 82.2 Å². The van der Waals surface area contributed by atoms with E-state index in [9.17, 15) is 4.79 Å². The van der Waals surface area contributed by atoms with E-state index in [1.807, 2.05) is 13.8 Å². The van der Waals surface area contributed by atoms with Gasteiger partial charge < -0.3 is 10.4 Å². The van der Waals surface area contributed by atoms with Gasteiger partial charge in [-0.1, -0.05) is 0 Å². The number of nitrogens with one attached hydrogen (secondary N) is 1. The largest absolute Gasteiger partial charge is 0.480 e. The van der Waals surface area contributed by atoms with Crippen LogP contribution in [0, 0.1) is 13.8 Å². The van der Waals surface area contributed by atoms with Gasteiger partial charge in [-0.3, -0.25) is 4.79 Å². The maximum Gasteiger partial charge on any atom is 0.328 e. The van der Waals surface area contributed by atoms with Crippen LogP contribution < -0.4 is 5.32 Å². The Morgan fingerprint density at radius 3 is 2.29 bits per heavy atom. The third kappa shape index (κ3) is 2.26. The Bertz CT molecular complexity index is 332. The van der Waals surface area contributed by atoms with E-state index in [1.54, 1.807) is 13.1 Å². The summed E-state index contributed by atoms with van der Waals surface area (Å²) in [4.78, 5) is 19.0. The van der Waals surface area contributed by atoms with Gasteiger partial charge in [-0.05, 0) is 27.0 Å². The van der Waals surface area contributed by atoms with Gasteiger partial charge in [-0.2, -0.15) is 0 Å². The maximum absolute atomic E-state index is 10.8. The molecule has 5 heteroatoms. The molecule has 1 aromatic rings. The van der Waals surface area contributed by atoms with Crippen LogP contribution in [0.25, 0.3) is 0 Å². The Hall–Kier alpha value is -1.49. The monoisotopic (exact) mass is 195 g/mol. The minimum Gasteiger partial charge on any atom is -0.480 e. The second-order valence-electron chi connectivity index (χ2n) is 3.07. The molecular weight excluding hydrogens is 182 g/mol. The summed E-state index contributed by atoms with van der Waals surface area (Å²) in [5, 5.41) is 11.5. The smallest absolute Gasteiger partial charge is 0.328 e. The number of aryl methyl sites for hydroxylation is 2. The van der Waals surface area contributed by atoms with Gasteiger partial charge in [-0.15, -0.1) is 0 Å². The first kappa shape index (κ1) is 10.6. The molecule has 5 nitrogen and oxygen atoms in total. The second kappa shape index (κ2) is 4.15. The number of likely N-dealkylation sites (N-methyl/N-ethyl adjacent to an activating group) is 1. The molecule has 0 amide bonds. The normalized spacial score (nSPS) is 12.5. The summed E-state index contributed by atoms with van der Waals surface area (Å²) in [6.07, 6.45) is 0. The number of carbonyl (C=O) groups is 1. The minimum absolute atomic E-state index is 0.303. The quantitative estimate of drug-likeness (QED) is 0.732. The molecule has 0 aliphatic rings. The summed E-state index contributed by atoms with van der Waals surface area (Å²) in [5.74, 6) is -0.671. The zero-order chi connectivity index (χ0) is 10.7. The average molecular weight is 195 g/mol. The Kier molecular flexibility index (Phi) is 3.14. The Morgan fingerprint density at radius 1 is 1.43 bits per heavy atom. The molecule has 0 bridgehead atoms. The third-order valence-corrected chi connectivity index (χ3v) is 1.79. The van der Waals surface area contributed by atoms with Crippen LogP contribution in [0.4, 0.5) is 0 Å². The molecule has 0 radical (unpaired) electrons. The van der Waals surface area contributed by atoms with Gasteiger partial charge in [0, 0.05) is 11.4 Å². The van der Waals surface area contributed by atoms with E-state index in [1.165, 1.54) is 0 Å². The van der Waals surface area contributed by atoms with Crippen molar-refractivity contribution in [3.05, 3.63) is 23.3 Å². The Morgan fingerprint density at radius 2 is 1.93 bits per heavy atom. The van der Waals surface area contributed by atoms with E-state index < -0.39 is 12.0 Å². The molecular formula is C9H13N3O2. The molecule has 14 heavy (non-hydrogen) atoms. The van der Waals surface area contributed by atoms with Crippen molar-refractivity contribution in [3.8, 4) is 0 Å². The number of hydrogen-bond acceptors (Lipinski definition) is 4. The second-order valence-corrected chi connectivity index (χ2v) is 3.07. The highest BCUT2D eigenvalue weighted by Gasteiger charge is 2.20. The molecule has 0 aromatic carbocycles. The number of carboxylic acids is 1. The van der Waals surface area contributed by atoms with Crippen LogP contribution >= 0.6 is 0 Å². The van der Waals surface area contributed by atoms with Crippen LogP contribution in [0.15, 0.2) is 6.07 Å². The van der Waals surface area contributed by atoms with E-state index in [2.05, 4.69) is 15.3 Å². The number of aliphatic carboxylic acids is 1. The molecule has 1 heterocycles. The molecule has 0 aliphatic carbocycles. The molecule has 0 fully saturated rings. The fraction of sp³-hybridized carbons (Fsp3) is 0.444. The topological polar surface area (TPSA) is 75.1 Å². The van der Waals surface area contributed by atoms with E-state index in [-0.39, 0.29) is 0 Å². The minimum atomic E-state index is -0.975. The van der Waals surface area contributed by atoms with E-state index >= 15 is 0 Å². The van der Waals surface area contributed by atoms with Crippen molar-refractivity contribution in [2.75, 3.05) is 7.05 Å². The highest BCUT2D eigenvalue weighted by molar-refractivity contribution is 5.74. The fourth-order valence-corrected chi connectivity index (χ4v) is 1.25. The number of nitrogens with zero attached hydrogens (tertiary/aromatic N) is 2. The Balaban J connectivity index is 3.10. The summed E-state index contributed by atoms with van der Waals surface area (Å²) in [6.45, 7) is 3.62. The zero-order valence-corrected chi connectivity index (χ0v) is 8.40. The number of carboxylic acid groups (broad SMARTS) is 1. The van der Waals surface area contributed by atoms with Crippen molar-refractivity contribution < 1.29 is 9.90 Å². The molecule has 1 rings (SSSR count). The SMILES string of the molecule is CNC(C(=O)O)c1nc(C)cc(C)n1. The van der Waals surface area contributed by atoms with E-state index in [4.69, 9.17) is 5.11 Å². The van der Waals surface area contributed by atoms with Crippen LogP contribution in [0.5, 0.6) is 0 Å². The van der Waals surface area contributed by atoms with Crippen LogP contribution in [0.2, 0.25) is 0 Å². The molecule has 76 valence electrons. The summed E-state index contributed by atoms with van der Waals surface area (Å²) in [7, 11) is 1.57. The predicted octanol–water partition coefficient (Wildman–Crippen LogP) is 0.439. The molecule has 0 spiro atoms. The fourth-order valence-electron chi connectivity index (χ4n) is 1.25. The lowest BCUT2D eigenvalue weighted by molar-refractivity contribution is -0.139. The van der Waals surface area contributed by atoms with Gasteiger partial charge in [-0.25, -0.2) is 9.97 Å². The zero-order valence-electron chi connectivity index (χ0n) is 8.40. The lowest BCUT2D eigenvalue weighted by Crippen LogP contribution is -2.27. The summed E-state index contributed by atoms with van der Waals surface area (Å²) >= 11 is 0. The first-order valence-corrected chi connectivity index (χ1v) is 4.27. The first-order chi connectivity index (χ1) is 6.54. The summed E-state index contributed by atoms with van der Waals surface area (Å²) < 4.78 is 0. The number of rotatable bonds is 3. The van der Waals surface area contributed by atoms with Crippen LogP contribution in [-0.4, -0.2) is 28.1 Å². The number of aromatic nitrogens is 2. The average Bonchev–Trinajstić information content (AvgIpc) is 2.02. The highest BCUT2D eigenvalue weighted by Crippen LogP contribution is 2.09. The highest BCUT2D eigenvalue weighted by atomic mass is 16.4. The standard InChI is InChI=1S/C9H13N3O2/c1-5-4-6(2)12-8(11-5)7(10-3)9(13)14/h4,7,10H,1-3H3,(H,13,14). The third-order valence-electron chi connectivity index (χ3n) is 1.79. The molecule has 1 unspecified atom stereocenters. The van der Waals surface area contributed by atoms with Crippen molar-refractivity contribution in [1.82, 2.24) is 15.3 Å². The van der Waals surface area contributed by atoms with Crippen LogP contribution in [0.1, 0.15) is 23.3 Å². The van der Waals surface area contributed by atoms with Gasteiger partial charge in [0.1, 0.15) is 0 Å². The van der Waals surface area contributed by atoms with E-state index in [0.717, 1.165) is 11.4 Å². The lowest BCUT2D eigenvalue weighted by atomic mass is 10.2. The molecule has 1 aromatic heterocycles. The van der Waals surface area contributed by atoms with Gasteiger partial charge in [0.15, 0.2) is 11.9 Å².